The molecule has 0 spiro atoms. The van der Waals surface area contributed by atoms with Crippen molar-refractivity contribution in [3.05, 3.63) is 65.5 Å². The highest BCUT2D eigenvalue weighted by atomic mass is 16.4. The minimum atomic E-state index is -0.119. The third-order valence-corrected chi connectivity index (χ3v) is 3.01. The average molecular weight is 284 g/mol. The Kier molecular flexibility index (Phi) is 4.50. The SMILES string of the molecule is CN(Cc1ccccn1)C(=O)c1ccc(/C(N)=N/O)cc1. The van der Waals surface area contributed by atoms with Gasteiger partial charge in [-0.05, 0) is 24.3 Å². The molecule has 0 aliphatic heterocycles. The fourth-order valence-electron chi connectivity index (χ4n) is 1.87. The number of pyridine rings is 1. The van der Waals surface area contributed by atoms with Crippen molar-refractivity contribution < 1.29 is 10.0 Å². The summed E-state index contributed by atoms with van der Waals surface area (Å²) in [5, 5.41) is 11.5. The summed E-state index contributed by atoms with van der Waals surface area (Å²) in [4.78, 5) is 18.1. The van der Waals surface area contributed by atoms with Crippen LogP contribution >= 0.6 is 0 Å². The summed E-state index contributed by atoms with van der Waals surface area (Å²) in [7, 11) is 1.72. The number of oxime groups is 1. The van der Waals surface area contributed by atoms with Crippen LogP contribution in [0.4, 0.5) is 0 Å². The number of carbonyl (C=O) groups excluding carboxylic acids is 1. The molecule has 0 atom stereocenters. The first-order valence-corrected chi connectivity index (χ1v) is 6.35. The Morgan fingerprint density at radius 3 is 2.48 bits per heavy atom. The van der Waals surface area contributed by atoms with Crippen molar-refractivity contribution in [3.8, 4) is 0 Å². The second-order valence-electron chi connectivity index (χ2n) is 4.54. The van der Waals surface area contributed by atoms with Crippen LogP contribution in [0.25, 0.3) is 0 Å². The molecule has 2 aromatic rings. The van der Waals surface area contributed by atoms with E-state index in [2.05, 4.69) is 10.1 Å². The van der Waals surface area contributed by atoms with E-state index in [0.717, 1.165) is 5.69 Å². The molecule has 1 amide bonds. The van der Waals surface area contributed by atoms with E-state index in [1.807, 2.05) is 18.2 Å². The molecule has 6 nitrogen and oxygen atoms in total. The predicted molar refractivity (Wildman–Crippen MR) is 79.0 cm³/mol. The summed E-state index contributed by atoms with van der Waals surface area (Å²) in [6, 6.07) is 12.1. The molecule has 2 rings (SSSR count). The predicted octanol–water partition coefficient (Wildman–Crippen LogP) is 1.45. The lowest BCUT2D eigenvalue weighted by Crippen LogP contribution is -2.26. The van der Waals surface area contributed by atoms with Gasteiger partial charge in [-0.15, -0.1) is 0 Å². The fourth-order valence-corrected chi connectivity index (χ4v) is 1.87. The van der Waals surface area contributed by atoms with E-state index in [4.69, 9.17) is 10.9 Å². The van der Waals surface area contributed by atoms with Crippen molar-refractivity contribution in [2.75, 3.05) is 7.05 Å². The summed E-state index contributed by atoms with van der Waals surface area (Å²) < 4.78 is 0. The van der Waals surface area contributed by atoms with Crippen molar-refractivity contribution in [2.45, 2.75) is 6.54 Å². The topological polar surface area (TPSA) is 91.8 Å². The summed E-state index contributed by atoms with van der Waals surface area (Å²) in [6.45, 7) is 0.432. The van der Waals surface area contributed by atoms with E-state index in [1.165, 1.54) is 0 Å². The maximum Gasteiger partial charge on any atom is 0.253 e. The Morgan fingerprint density at radius 2 is 1.90 bits per heavy atom. The largest absolute Gasteiger partial charge is 0.409 e. The number of hydrogen-bond donors (Lipinski definition) is 2. The van der Waals surface area contributed by atoms with Crippen molar-refractivity contribution in [1.82, 2.24) is 9.88 Å². The molecule has 21 heavy (non-hydrogen) atoms. The van der Waals surface area contributed by atoms with E-state index >= 15 is 0 Å². The number of nitrogens with zero attached hydrogens (tertiary/aromatic N) is 3. The number of nitrogens with two attached hydrogens (primary N) is 1. The molecule has 108 valence electrons. The Morgan fingerprint density at radius 1 is 1.24 bits per heavy atom. The molecule has 0 fully saturated rings. The van der Waals surface area contributed by atoms with Crippen molar-refractivity contribution >= 4 is 11.7 Å². The van der Waals surface area contributed by atoms with Crippen LogP contribution in [0.2, 0.25) is 0 Å². The molecule has 1 heterocycles. The standard InChI is InChI=1S/C15H16N4O2/c1-19(10-13-4-2-3-9-17-13)15(20)12-7-5-11(6-8-12)14(16)18-21/h2-9,21H,10H2,1H3,(H2,16,18). The number of carbonyl (C=O) groups is 1. The maximum absolute atomic E-state index is 12.3. The zero-order valence-corrected chi connectivity index (χ0v) is 11.6. The number of benzene rings is 1. The van der Waals surface area contributed by atoms with Gasteiger partial charge in [-0.25, -0.2) is 0 Å². The van der Waals surface area contributed by atoms with Gasteiger partial charge in [0.25, 0.3) is 5.91 Å². The molecule has 3 N–H and O–H groups in total. The van der Waals surface area contributed by atoms with Crippen LogP contribution < -0.4 is 5.73 Å². The van der Waals surface area contributed by atoms with Gasteiger partial charge >= 0.3 is 0 Å². The minimum absolute atomic E-state index is 0.0100. The zero-order valence-electron chi connectivity index (χ0n) is 11.6. The lowest BCUT2D eigenvalue weighted by atomic mass is 10.1. The highest BCUT2D eigenvalue weighted by Gasteiger charge is 2.12. The second-order valence-corrected chi connectivity index (χ2v) is 4.54. The first-order chi connectivity index (χ1) is 10.1. The quantitative estimate of drug-likeness (QED) is 0.385. The highest BCUT2D eigenvalue weighted by molar-refractivity contribution is 5.99. The van der Waals surface area contributed by atoms with Gasteiger partial charge in [0.05, 0.1) is 12.2 Å². The zero-order chi connectivity index (χ0) is 15.2. The van der Waals surface area contributed by atoms with Gasteiger partial charge in [-0.1, -0.05) is 23.4 Å². The van der Waals surface area contributed by atoms with Crippen LogP contribution in [0.5, 0.6) is 0 Å². The Labute approximate surface area is 122 Å². The summed E-state index contributed by atoms with van der Waals surface area (Å²) in [5.74, 6) is -0.109. The monoisotopic (exact) mass is 284 g/mol. The highest BCUT2D eigenvalue weighted by Crippen LogP contribution is 2.09. The number of amides is 1. The molecule has 6 heteroatoms. The van der Waals surface area contributed by atoms with Crippen LogP contribution in [0.15, 0.2) is 53.8 Å². The van der Waals surface area contributed by atoms with E-state index in [1.54, 1.807) is 42.4 Å². The van der Waals surface area contributed by atoms with Gasteiger partial charge in [0, 0.05) is 24.4 Å². The van der Waals surface area contributed by atoms with E-state index in [9.17, 15) is 4.79 Å². The summed E-state index contributed by atoms with van der Waals surface area (Å²) in [5.41, 5.74) is 7.39. The van der Waals surface area contributed by atoms with Crippen LogP contribution in [-0.2, 0) is 6.54 Å². The van der Waals surface area contributed by atoms with Crippen molar-refractivity contribution in [2.24, 2.45) is 10.9 Å². The van der Waals surface area contributed by atoms with Gasteiger partial charge in [0.2, 0.25) is 0 Å². The molecule has 0 radical (unpaired) electrons. The maximum atomic E-state index is 12.3. The normalized spacial score (nSPS) is 11.2. The van der Waals surface area contributed by atoms with E-state index in [0.29, 0.717) is 17.7 Å². The number of rotatable bonds is 4. The molecule has 0 aliphatic carbocycles. The molecule has 0 unspecified atom stereocenters. The lowest BCUT2D eigenvalue weighted by Gasteiger charge is -2.16. The lowest BCUT2D eigenvalue weighted by molar-refractivity contribution is 0.0783. The van der Waals surface area contributed by atoms with Gasteiger partial charge < -0.3 is 15.8 Å². The second kappa shape index (κ2) is 6.51. The molecular formula is C15H16N4O2. The molecule has 0 aliphatic rings. The Bertz CT molecular complexity index is 638. The van der Waals surface area contributed by atoms with E-state index < -0.39 is 0 Å². The average Bonchev–Trinajstić information content (AvgIpc) is 2.54. The fraction of sp³-hybridized carbons (Fsp3) is 0.133. The van der Waals surface area contributed by atoms with Gasteiger partial charge in [-0.3, -0.25) is 9.78 Å². The summed E-state index contributed by atoms with van der Waals surface area (Å²) >= 11 is 0. The number of hydrogen-bond acceptors (Lipinski definition) is 4. The van der Waals surface area contributed by atoms with Crippen molar-refractivity contribution in [3.63, 3.8) is 0 Å². The summed E-state index contributed by atoms with van der Waals surface area (Å²) in [6.07, 6.45) is 1.69. The molecular weight excluding hydrogens is 268 g/mol. The third-order valence-electron chi connectivity index (χ3n) is 3.01. The smallest absolute Gasteiger partial charge is 0.253 e. The minimum Gasteiger partial charge on any atom is -0.409 e. The third kappa shape index (κ3) is 3.56. The first-order valence-electron chi connectivity index (χ1n) is 6.35. The number of aromatic nitrogens is 1. The van der Waals surface area contributed by atoms with Gasteiger partial charge in [0.15, 0.2) is 5.84 Å². The van der Waals surface area contributed by atoms with Crippen molar-refractivity contribution in [1.29, 1.82) is 0 Å². The molecule has 0 saturated heterocycles. The molecule has 1 aromatic heterocycles. The van der Waals surface area contributed by atoms with Gasteiger partial charge in [0.1, 0.15) is 0 Å². The molecule has 1 aromatic carbocycles. The number of amidine groups is 1. The van der Waals surface area contributed by atoms with Crippen LogP contribution in [-0.4, -0.2) is 33.9 Å². The molecule has 0 saturated carbocycles. The van der Waals surface area contributed by atoms with Crippen LogP contribution in [0.3, 0.4) is 0 Å². The molecule has 0 bridgehead atoms. The van der Waals surface area contributed by atoms with E-state index in [-0.39, 0.29) is 11.7 Å². The van der Waals surface area contributed by atoms with Crippen LogP contribution in [0.1, 0.15) is 21.6 Å². The Balaban J connectivity index is 2.09. The first kappa shape index (κ1) is 14.5. The Hall–Kier alpha value is -2.89. The van der Waals surface area contributed by atoms with Crippen LogP contribution in [0, 0.1) is 0 Å². The van der Waals surface area contributed by atoms with Gasteiger partial charge in [-0.2, -0.15) is 0 Å².